The largest absolute Gasteiger partial charge is 0.486 e. The lowest BCUT2D eigenvalue weighted by atomic mass is 9.84. The average molecular weight is 407 g/mol. The zero-order valence-corrected chi connectivity index (χ0v) is 16.8. The molecule has 0 aliphatic carbocycles. The smallest absolute Gasteiger partial charge is 0.255 e. The van der Waals surface area contributed by atoms with E-state index in [0.717, 1.165) is 43.2 Å². The molecule has 1 aromatic heterocycles. The van der Waals surface area contributed by atoms with Gasteiger partial charge in [0.1, 0.15) is 12.4 Å². The molecule has 144 valence electrons. The molecular formula is C19H23ClN4O2S. The van der Waals surface area contributed by atoms with E-state index in [1.807, 2.05) is 12.3 Å². The van der Waals surface area contributed by atoms with Crippen LogP contribution in [0.4, 0.5) is 5.69 Å². The number of fused-ring (bicyclic) bond motifs is 3. The Morgan fingerprint density at radius 3 is 2.85 bits per heavy atom. The maximum Gasteiger partial charge on any atom is 0.255 e. The summed E-state index contributed by atoms with van der Waals surface area (Å²) >= 11 is 7.74. The molecular weight excluding hydrogens is 384 g/mol. The van der Waals surface area contributed by atoms with E-state index in [2.05, 4.69) is 15.2 Å². The molecule has 4 heterocycles. The highest BCUT2D eigenvalue weighted by atomic mass is 35.5. The summed E-state index contributed by atoms with van der Waals surface area (Å²) in [6.07, 6.45) is 2.28. The van der Waals surface area contributed by atoms with Crippen molar-refractivity contribution in [3.05, 3.63) is 38.8 Å². The molecule has 27 heavy (non-hydrogen) atoms. The molecule has 1 aromatic carbocycles. The standard InChI is InChI=1S/C19H23ClN4O2S/c1-11-22-13(10-27-11)9-26-18-7-16(21)15(20)6-14(18)19(25)23-17-8-24-4-2-12(17)3-5-24/h6-7,10,12,17H,2-5,8-9,21H2,1H3,(H,23,25). The van der Waals surface area contributed by atoms with Gasteiger partial charge in [-0.25, -0.2) is 4.98 Å². The monoisotopic (exact) mass is 406 g/mol. The maximum absolute atomic E-state index is 13.0. The van der Waals surface area contributed by atoms with Crippen molar-refractivity contribution in [1.29, 1.82) is 0 Å². The van der Waals surface area contributed by atoms with Gasteiger partial charge in [0, 0.05) is 24.0 Å². The maximum atomic E-state index is 13.0. The molecule has 0 saturated carbocycles. The van der Waals surface area contributed by atoms with E-state index in [1.54, 1.807) is 23.5 Å². The van der Waals surface area contributed by atoms with Crippen molar-refractivity contribution in [1.82, 2.24) is 15.2 Å². The Kier molecular flexibility index (Phi) is 5.25. The van der Waals surface area contributed by atoms with Crippen LogP contribution < -0.4 is 15.8 Å². The van der Waals surface area contributed by atoms with Gasteiger partial charge < -0.3 is 20.7 Å². The number of thiazole rings is 1. The number of benzene rings is 1. The van der Waals surface area contributed by atoms with Gasteiger partial charge in [0.25, 0.3) is 5.91 Å². The van der Waals surface area contributed by atoms with E-state index >= 15 is 0 Å². The van der Waals surface area contributed by atoms with Gasteiger partial charge in [-0.05, 0) is 44.8 Å². The third-order valence-corrected chi connectivity index (χ3v) is 6.51. The second-order valence-electron chi connectivity index (χ2n) is 7.23. The Morgan fingerprint density at radius 1 is 1.44 bits per heavy atom. The Labute approximate surface area is 167 Å². The second kappa shape index (κ2) is 7.66. The molecule has 3 aliphatic heterocycles. The quantitative estimate of drug-likeness (QED) is 0.746. The van der Waals surface area contributed by atoms with Gasteiger partial charge in [-0.1, -0.05) is 11.6 Å². The third-order valence-electron chi connectivity index (χ3n) is 5.36. The molecule has 2 aromatic rings. The van der Waals surface area contributed by atoms with Crippen LogP contribution in [0.1, 0.15) is 33.9 Å². The van der Waals surface area contributed by atoms with E-state index in [0.29, 0.717) is 27.9 Å². The second-order valence-corrected chi connectivity index (χ2v) is 8.70. The van der Waals surface area contributed by atoms with Crippen LogP contribution in [-0.4, -0.2) is 41.5 Å². The highest BCUT2D eigenvalue weighted by Crippen LogP contribution is 2.31. The normalized spacial score (nSPS) is 24.0. The number of piperidine rings is 3. The van der Waals surface area contributed by atoms with Crippen LogP contribution in [-0.2, 0) is 6.61 Å². The van der Waals surface area contributed by atoms with Crippen LogP contribution in [0.25, 0.3) is 0 Å². The van der Waals surface area contributed by atoms with Crippen LogP contribution in [0.2, 0.25) is 5.02 Å². The number of rotatable bonds is 5. The minimum absolute atomic E-state index is 0.167. The van der Waals surface area contributed by atoms with Gasteiger partial charge >= 0.3 is 0 Å². The first-order valence-corrected chi connectivity index (χ1v) is 10.4. The van der Waals surface area contributed by atoms with Gasteiger partial charge in [-0.3, -0.25) is 4.79 Å². The number of nitrogens with two attached hydrogens (primary N) is 1. The zero-order valence-electron chi connectivity index (χ0n) is 15.2. The fourth-order valence-corrected chi connectivity index (χ4v) is 4.63. The number of aryl methyl sites for hydroxylation is 1. The Hall–Kier alpha value is -1.83. The average Bonchev–Trinajstić information content (AvgIpc) is 3.08. The summed E-state index contributed by atoms with van der Waals surface area (Å²) in [6.45, 7) is 5.40. The van der Waals surface area contributed by atoms with E-state index in [-0.39, 0.29) is 18.6 Å². The Morgan fingerprint density at radius 2 is 2.22 bits per heavy atom. The Bertz CT molecular complexity index is 848. The van der Waals surface area contributed by atoms with Gasteiger partial charge in [-0.15, -0.1) is 11.3 Å². The van der Waals surface area contributed by atoms with Crippen LogP contribution in [0, 0.1) is 12.8 Å². The molecule has 3 aliphatic rings. The van der Waals surface area contributed by atoms with Crippen LogP contribution in [0.3, 0.4) is 0 Å². The number of anilines is 1. The first-order valence-electron chi connectivity index (χ1n) is 9.15. The van der Waals surface area contributed by atoms with E-state index in [9.17, 15) is 4.79 Å². The highest BCUT2D eigenvalue weighted by Gasteiger charge is 2.35. The minimum Gasteiger partial charge on any atom is -0.486 e. The number of nitrogen functional groups attached to an aromatic ring is 1. The van der Waals surface area contributed by atoms with Crippen molar-refractivity contribution >= 4 is 34.5 Å². The molecule has 3 saturated heterocycles. The molecule has 1 amide bonds. The van der Waals surface area contributed by atoms with Gasteiger partial charge in [0.2, 0.25) is 0 Å². The predicted molar refractivity (Wildman–Crippen MR) is 107 cm³/mol. The lowest BCUT2D eigenvalue weighted by Gasteiger charge is -2.44. The number of amides is 1. The lowest BCUT2D eigenvalue weighted by Crippen LogP contribution is -2.57. The molecule has 1 atom stereocenters. The minimum atomic E-state index is -0.167. The zero-order chi connectivity index (χ0) is 19.0. The summed E-state index contributed by atoms with van der Waals surface area (Å²) in [5, 5.41) is 6.46. The van der Waals surface area contributed by atoms with Crippen molar-refractivity contribution < 1.29 is 9.53 Å². The SMILES string of the molecule is Cc1nc(COc2cc(N)c(Cl)cc2C(=O)NC2CN3CCC2CC3)cs1. The number of nitrogens with zero attached hydrogens (tertiary/aromatic N) is 2. The summed E-state index contributed by atoms with van der Waals surface area (Å²) in [4.78, 5) is 19.8. The van der Waals surface area contributed by atoms with E-state index in [4.69, 9.17) is 22.1 Å². The van der Waals surface area contributed by atoms with Crippen molar-refractivity contribution in [2.45, 2.75) is 32.4 Å². The van der Waals surface area contributed by atoms with Crippen LogP contribution in [0.5, 0.6) is 5.75 Å². The number of hydrogen-bond donors (Lipinski definition) is 2. The molecule has 3 fully saturated rings. The first kappa shape index (κ1) is 18.5. The molecule has 5 rings (SSSR count). The van der Waals surface area contributed by atoms with Gasteiger partial charge in [0.15, 0.2) is 0 Å². The summed E-state index contributed by atoms with van der Waals surface area (Å²) < 4.78 is 5.88. The van der Waals surface area contributed by atoms with Crippen molar-refractivity contribution in [3.8, 4) is 5.75 Å². The number of carbonyl (C=O) groups excluding carboxylic acids is 1. The van der Waals surface area contributed by atoms with Crippen molar-refractivity contribution in [2.24, 2.45) is 5.92 Å². The molecule has 3 N–H and O–H groups in total. The van der Waals surface area contributed by atoms with E-state index < -0.39 is 0 Å². The van der Waals surface area contributed by atoms with Crippen LogP contribution in [0.15, 0.2) is 17.5 Å². The number of ether oxygens (including phenoxy) is 1. The molecule has 0 radical (unpaired) electrons. The number of nitrogens with one attached hydrogen (secondary N) is 1. The fourth-order valence-electron chi connectivity index (χ4n) is 3.87. The summed E-state index contributed by atoms with van der Waals surface area (Å²) in [5.41, 5.74) is 7.56. The first-order chi connectivity index (χ1) is 13.0. The third kappa shape index (κ3) is 4.05. The lowest BCUT2D eigenvalue weighted by molar-refractivity contribution is 0.0618. The Balaban J connectivity index is 1.51. The van der Waals surface area contributed by atoms with Gasteiger partial charge in [-0.2, -0.15) is 0 Å². The molecule has 6 nitrogen and oxygen atoms in total. The topological polar surface area (TPSA) is 80.5 Å². The fraction of sp³-hybridized carbons (Fsp3) is 0.474. The number of aromatic nitrogens is 1. The molecule has 0 spiro atoms. The predicted octanol–water partition coefficient (Wildman–Crippen LogP) is 3.09. The molecule has 2 bridgehead atoms. The molecule has 1 unspecified atom stereocenters. The number of carbonyl (C=O) groups is 1. The number of halogens is 1. The highest BCUT2D eigenvalue weighted by molar-refractivity contribution is 7.09. The van der Waals surface area contributed by atoms with Crippen molar-refractivity contribution in [3.63, 3.8) is 0 Å². The summed E-state index contributed by atoms with van der Waals surface area (Å²) in [7, 11) is 0. The molecule has 8 heteroatoms. The number of hydrogen-bond acceptors (Lipinski definition) is 6. The van der Waals surface area contributed by atoms with E-state index in [1.165, 1.54) is 0 Å². The summed E-state index contributed by atoms with van der Waals surface area (Å²) in [6, 6.07) is 3.38. The van der Waals surface area contributed by atoms with Crippen LogP contribution >= 0.6 is 22.9 Å². The van der Waals surface area contributed by atoms with Gasteiger partial charge in [0.05, 0.1) is 27.0 Å². The summed E-state index contributed by atoms with van der Waals surface area (Å²) in [5.74, 6) is 0.812. The van der Waals surface area contributed by atoms with Crippen molar-refractivity contribution in [2.75, 3.05) is 25.4 Å².